The van der Waals surface area contributed by atoms with Gasteiger partial charge in [-0.05, 0) is 5.56 Å². The smallest absolute Gasteiger partial charge is 0.210 e. The van der Waals surface area contributed by atoms with Crippen LogP contribution in [0.25, 0.3) is 0 Å². The molecule has 54 valence electrons. The van der Waals surface area contributed by atoms with E-state index in [1.54, 1.807) is 6.07 Å². The van der Waals surface area contributed by atoms with Gasteiger partial charge in [0.15, 0.2) is 0 Å². The molecular weight excluding hydrogens is 134 g/mol. The monoisotopic (exact) mass is 144 g/mol. The maximum absolute atomic E-state index is 12.1. The van der Waals surface area contributed by atoms with Gasteiger partial charge in [-0.3, -0.25) is 0 Å². The number of benzene rings is 1. The maximum Gasteiger partial charge on any atom is 0.242 e. The number of halogens is 2. The Hall–Kier alpha value is -0.920. The van der Waals surface area contributed by atoms with Gasteiger partial charge in [-0.25, -0.2) is 8.78 Å². The minimum Gasteiger partial charge on any atom is -0.210 e. The molecule has 0 aromatic heterocycles. The van der Waals surface area contributed by atoms with Crippen molar-refractivity contribution in [3.63, 3.8) is 0 Å². The molecule has 1 aromatic carbocycles. The fourth-order valence-electron chi connectivity index (χ4n) is 0.660. The molecule has 1 aromatic rings. The van der Waals surface area contributed by atoms with E-state index in [0.717, 1.165) is 0 Å². The second kappa shape index (κ2) is 3.30. The Balaban J connectivity index is 2.98. The van der Waals surface area contributed by atoms with Crippen molar-refractivity contribution in [2.75, 3.05) is 0 Å². The summed E-state index contributed by atoms with van der Waals surface area (Å²) in [6, 6.07) is 7.44. The van der Waals surface area contributed by atoms with Crippen molar-refractivity contribution in [3.05, 3.63) is 35.9 Å². The Kier molecular flexibility index (Phi) is 1.59. The zero-order chi connectivity index (χ0) is 9.19. The van der Waals surface area contributed by atoms with Crippen LogP contribution >= 0.6 is 0 Å². The van der Waals surface area contributed by atoms with E-state index >= 15 is 0 Å². The largest absolute Gasteiger partial charge is 0.242 e. The van der Waals surface area contributed by atoms with E-state index in [1.165, 1.54) is 24.3 Å². The predicted octanol–water partition coefficient (Wildman–Crippen LogP) is 2.49. The minimum atomic E-state index is -2.99. The summed E-state index contributed by atoms with van der Waals surface area (Å²) in [7, 11) is 0. The fourth-order valence-corrected chi connectivity index (χ4v) is 0.660. The molecule has 0 spiro atoms. The van der Waals surface area contributed by atoms with Gasteiger partial charge in [-0.2, -0.15) is 0 Å². The molecule has 0 fully saturated rings. The highest BCUT2D eigenvalue weighted by atomic mass is 19.3. The van der Waals surface area contributed by atoms with E-state index in [0.29, 0.717) is 0 Å². The van der Waals surface area contributed by atoms with Gasteiger partial charge < -0.3 is 0 Å². The normalized spacial score (nSPS) is 14.7. The maximum atomic E-state index is 12.1. The lowest BCUT2D eigenvalue weighted by Crippen LogP contribution is -1.95. The highest BCUT2D eigenvalue weighted by Crippen LogP contribution is 2.05. The van der Waals surface area contributed by atoms with Gasteiger partial charge in [0.2, 0.25) is 6.43 Å². The van der Waals surface area contributed by atoms with Crippen molar-refractivity contribution in [1.82, 2.24) is 0 Å². The van der Waals surface area contributed by atoms with E-state index < -0.39 is 12.8 Å². The Morgan fingerprint density at radius 2 is 1.90 bits per heavy atom. The van der Waals surface area contributed by atoms with Crippen LogP contribution in [0.5, 0.6) is 0 Å². The molecule has 0 radical (unpaired) electrons. The molecule has 2 heteroatoms. The average Bonchev–Trinajstić information content (AvgIpc) is 2.06. The molecule has 0 aliphatic carbocycles. The summed E-state index contributed by atoms with van der Waals surface area (Å²) < 4.78 is 38.3. The van der Waals surface area contributed by atoms with Crippen molar-refractivity contribution in [2.45, 2.75) is 12.8 Å². The lowest BCUT2D eigenvalue weighted by atomic mass is 10.2. The standard InChI is InChI=1S/C8H8F2/c9-8(10)6-7-4-2-1-3-5-7/h1-5,8H,6H2/i6D2. The molecule has 1 rings (SSSR count). The second-order valence-corrected chi connectivity index (χ2v) is 1.81. The van der Waals surface area contributed by atoms with Crippen LogP contribution in [0.1, 0.15) is 8.30 Å². The first-order valence-electron chi connectivity index (χ1n) is 3.89. The summed E-state index contributed by atoms with van der Waals surface area (Å²) in [6.45, 7) is 0. The van der Waals surface area contributed by atoms with Crippen molar-refractivity contribution in [2.24, 2.45) is 0 Å². The van der Waals surface area contributed by atoms with Crippen LogP contribution in [0.4, 0.5) is 8.78 Å². The summed E-state index contributed by atoms with van der Waals surface area (Å²) in [5, 5.41) is 0. The summed E-state index contributed by atoms with van der Waals surface area (Å²) in [6.07, 6.45) is -5.53. The van der Waals surface area contributed by atoms with Crippen LogP contribution in [0.3, 0.4) is 0 Å². The van der Waals surface area contributed by atoms with Gasteiger partial charge >= 0.3 is 0 Å². The Morgan fingerprint density at radius 1 is 1.30 bits per heavy atom. The van der Waals surface area contributed by atoms with Crippen LogP contribution in [0, 0.1) is 0 Å². The molecule has 0 bridgehead atoms. The van der Waals surface area contributed by atoms with Crippen LogP contribution in [-0.4, -0.2) is 6.43 Å². The number of hydrogen-bond acceptors (Lipinski definition) is 0. The molecule has 0 saturated carbocycles. The van der Waals surface area contributed by atoms with Crippen molar-refractivity contribution in [1.29, 1.82) is 0 Å². The van der Waals surface area contributed by atoms with Crippen molar-refractivity contribution < 1.29 is 11.5 Å². The van der Waals surface area contributed by atoms with Crippen LogP contribution in [-0.2, 0) is 6.37 Å². The minimum absolute atomic E-state index is 0.0139. The highest BCUT2D eigenvalue weighted by Gasteiger charge is 2.01. The zero-order valence-electron chi connectivity index (χ0n) is 7.22. The molecule has 0 unspecified atom stereocenters. The number of hydrogen-bond donors (Lipinski definition) is 0. The Bertz CT molecular complexity index is 246. The van der Waals surface area contributed by atoms with E-state index in [4.69, 9.17) is 2.74 Å². The lowest BCUT2D eigenvalue weighted by molar-refractivity contribution is 0.149. The van der Waals surface area contributed by atoms with Gasteiger partial charge in [0.1, 0.15) is 0 Å². The van der Waals surface area contributed by atoms with E-state index in [-0.39, 0.29) is 5.56 Å². The summed E-state index contributed by atoms with van der Waals surface area (Å²) in [5.41, 5.74) is 0.0139. The molecule has 0 atom stereocenters. The third-order valence-electron chi connectivity index (χ3n) is 1.05. The van der Waals surface area contributed by atoms with E-state index in [9.17, 15) is 8.78 Å². The molecule has 10 heavy (non-hydrogen) atoms. The number of rotatable bonds is 2. The first-order valence-corrected chi connectivity index (χ1v) is 2.89. The van der Waals surface area contributed by atoms with Crippen molar-refractivity contribution >= 4 is 0 Å². The quantitative estimate of drug-likeness (QED) is 0.598. The molecule has 0 aliphatic rings. The lowest BCUT2D eigenvalue weighted by Gasteiger charge is -1.97. The van der Waals surface area contributed by atoms with Gasteiger partial charge in [-0.15, -0.1) is 0 Å². The van der Waals surface area contributed by atoms with Gasteiger partial charge in [0.25, 0.3) is 0 Å². The van der Waals surface area contributed by atoms with E-state index in [1.807, 2.05) is 0 Å². The van der Waals surface area contributed by atoms with Gasteiger partial charge in [0, 0.05) is 9.11 Å². The van der Waals surface area contributed by atoms with Gasteiger partial charge in [-0.1, -0.05) is 30.3 Å². The van der Waals surface area contributed by atoms with Crippen LogP contribution < -0.4 is 0 Å². The molecule has 0 nitrogen and oxygen atoms in total. The fraction of sp³-hybridized carbons (Fsp3) is 0.250. The predicted molar refractivity (Wildman–Crippen MR) is 36.2 cm³/mol. The molecule has 0 aliphatic heterocycles. The Labute approximate surface area is 61.3 Å². The SMILES string of the molecule is [2H]C([2H])(c1ccccc1)C(F)F. The van der Waals surface area contributed by atoms with E-state index in [2.05, 4.69) is 0 Å². The van der Waals surface area contributed by atoms with Gasteiger partial charge in [0.05, 0.1) is 0 Å². The topological polar surface area (TPSA) is 0 Å². The third-order valence-corrected chi connectivity index (χ3v) is 1.05. The molecule has 0 saturated heterocycles. The summed E-state index contributed by atoms with van der Waals surface area (Å²) >= 11 is 0. The zero-order valence-corrected chi connectivity index (χ0v) is 5.22. The second-order valence-electron chi connectivity index (χ2n) is 1.81. The first-order chi connectivity index (χ1) is 5.55. The Morgan fingerprint density at radius 3 is 2.40 bits per heavy atom. The first kappa shape index (κ1) is 4.83. The highest BCUT2D eigenvalue weighted by molar-refractivity contribution is 5.14. The molecule has 0 N–H and O–H groups in total. The third kappa shape index (κ3) is 2.13. The number of alkyl halides is 2. The molecular formula is C8H8F2. The molecule has 0 amide bonds. The molecule has 0 heterocycles. The van der Waals surface area contributed by atoms with Crippen LogP contribution in [0.15, 0.2) is 30.3 Å². The van der Waals surface area contributed by atoms with Crippen LogP contribution in [0.2, 0.25) is 0 Å². The average molecular weight is 144 g/mol. The van der Waals surface area contributed by atoms with Crippen molar-refractivity contribution in [3.8, 4) is 0 Å². The summed E-state index contributed by atoms with van der Waals surface area (Å²) in [5.74, 6) is 0. The summed E-state index contributed by atoms with van der Waals surface area (Å²) in [4.78, 5) is 0.